The average molecular weight is 343 g/mol. The van der Waals surface area contributed by atoms with Gasteiger partial charge in [0.2, 0.25) is 0 Å². The summed E-state index contributed by atoms with van der Waals surface area (Å²) in [5.74, 6) is 1.03. The molecule has 0 aliphatic rings. The van der Waals surface area contributed by atoms with Gasteiger partial charge in [-0.1, -0.05) is 33.6 Å². The minimum absolute atomic E-state index is 0.768. The van der Waals surface area contributed by atoms with Crippen LogP contribution in [0.5, 0.6) is 0 Å². The lowest BCUT2D eigenvalue weighted by Gasteiger charge is -2.06. The highest BCUT2D eigenvalue weighted by Gasteiger charge is 1.96. The second kappa shape index (κ2) is 7.07. The summed E-state index contributed by atoms with van der Waals surface area (Å²) in [7, 11) is 0. The summed E-state index contributed by atoms with van der Waals surface area (Å²) in [6, 6.07) is 16.1. The molecule has 94 valence electrons. The van der Waals surface area contributed by atoms with E-state index in [1.807, 2.05) is 42.1 Å². The summed E-state index contributed by atoms with van der Waals surface area (Å²) in [6.07, 6.45) is 0. The van der Waals surface area contributed by atoms with E-state index < -0.39 is 0 Å². The first kappa shape index (κ1) is 13.8. The van der Waals surface area contributed by atoms with Crippen LogP contribution >= 0.6 is 39.3 Å². The van der Waals surface area contributed by atoms with Gasteiger partial charge in [0.1, 0.15) is 0 Å². The van der Waals surface area contributed by atoms with Crippen molar-refractivity contribution in [3.8, 4) is 0 Å². The molecule has 0 radical (unpaired) electrons. The zero-order chi connectivity index (χ0) is 12.8. The molecule has 0 aromatic heterocycles. The van der Waals surface area contributed by atoms with E-state index in [1.54, 1.807) is 0 Å². The van der Waals surface area contributed by atoms with E-state index in [2.05, 4.69) is 39.4 Å². The third kappa shape index (κ3) is 4.56. The summed E-state index contributed by atoms with van der Waals surface area (Å²) < 4.78 is 1.12. The lowest BCUT2D eigenvalue weighted by atomic mass is 10.3. The summed E-state index contributed by atoms with van der Waals surface area (Å²) in [5.41, 5.74) is 1.11. The Morgan fingerprint density at radius 3 is 2.61 bits per heavy atom. The smallest absolute Gasteiger partial charge is 0.0407 e. The fourth-order valence-corrected chi connectivity index (χ4v) is 2.99. The maximum Gasteiger partial charge on any atom is 0.0407 e. The number of thioether (sulfide) groups is 1. The van der Waals surface area contributed by atoms with Gasteiger partial charge in [-0.3, -0.25) is 0 Å². The molecule has 1 N–H and O–H groups in total. The molecule has 2 aromatic carbocycles. The first-order chi connectivity index (χ1) is 8.74. The second-order valence-corrected chi connectivity index (χ2v) is 6.26. The Kier molecular flexibility index (Phi) is 5.42. The van der Waals surface area contributed by atoms with Gasteiger partial charge in [0, 0.05) is 32.4 Å². The van der Waals surface area contributed by atoms with Crippen LogP contribution in [0.3, 0.4) is 0 Å². The van der Waals surface area contributed by atoms with E-state index in [4.69, 9.17) is 11.6 Å². The van der Waals surface area contributed by atoms with E-state index in [1.165, 1.54) is 4.90 Å². The first-order valence-electron chi connectivity index (χ1n) is 5.62. The quantitative estimate of drug-likeness (QED) is 0.584. The van der Waals surface area contributed by atoms with Gasteiger partial charge in [-0.2, -0.15) is 0 Å². The SMILES string of the molecule is Clc1ccc(NCCSc2cccc(Br)c2)cc1. The summed E-state index contributed by atoms with van der Waals surface area (Å²) in [6.45, 7) is 0.929. The number of rotatable bonds is 5. The molecule has 0 fully saturated rings. The molecule has 0 heterocycles. The van der Waals surface area contributed by atoms with Crippen molar-refractivity contribution in [3.63, 3.8) is 0 Å². The monoisotopic (exact) mass is 341 g/mol. The highest BCUT2D eigenvalue weighted by molar-refractivity contribution is 9.10. The Labute approximate surface area is 125 Å². The zero-order valence-electron chi connectivity index (χ0n) is 9.70. The van der Waals surface area contributed by atoms with Gasteiger partial charge in [0.25, 0.3) is 0 Å². The fourth-order valence-electron chi connectivity index (χ4n) is 1.49. The van der Waals surface area contributed by atoms with Crippen LogP contribution in [0.1, 0.15) is 0 Å². The molecule has 2 aromatic rings. The number of anilines is 1. The molecular weight excluding hydrogens is 330 g/mol. The maximum atomic E-state index is 5.83. The highest BCUT2D eigenvalue weighted by Crippen LogP contribution is 2.21. The molecule has 0 atom stereocenters. The molecule has 2 rings (SSSR count). The van der Waals surface area contributed by atoms with Gasteiger partial charge in [-0.25, -0.2) is 0 Å². The van der Waals surface area contributed by atoms with Crippen LogP contribution in [-0.4, -0.2) is 12.3 Å². The van der Waals surface area contributed by atoms with E-state index >= 15 is 0 Å². The summed E-state index contributed by atoms with van der Waals surface area (Å²) in [5, 5.41) is 4.13. The van der Waals surface area contributed by atoms with Gasteiger partial charge >= 0.3 is 0 Å². The predicted octanol–water partition coefficient (Wildman–Crippen LogP) is 5.31. The molecular formula is C14H13BrClNS. The van der Waals surface area contributed by atoms with Crippen LogP contribution in [0.2, 0.25) is 5.02 Å². The van der Waals surface area contributed by atoms with Crippen molar-refractivity contribution in [2.45, 2.75) is 4.90 Å². The lowest BCUT2D eigenvalue weighted by Crippen LogP contribution is -2.03. The number of halogens is 2. The number of hydrogen-bond acceptors (Lipinski definition) is 2. The van der Waals surface area contributed by atoms with Crippen LogP contribution in [0.25, 0.3) is 0 Å². The van der Waals surface area contributed by atoms with Crippen LogP contribution in [-0.2, 0) is 0 Å². The van der Waals surface area contributed by atoms with E-state index in [0.29, 0.717) is 0 Å². The van der Waals surface area contributed by atoms with Crippen molar-refractivity contribution in [1.29, 1.82) is 0 Å². The van der Waals surface area contributed by atoms with Crippen LogP contribution in [0.15, 0.2) is 57.9 Å². The lowest BCUT2D eigenvalue weighted by molar-refractivity contribution is 1.22. The molecule has 1 nitrogen and oxygen atoms in total. The van der Waals surface area contributed by atoms with Crippen LogP contribution < -0.4 is 5.32 Å². The normalized spacial score (nSPS) is 10.3. The van der Waals surface area contributed by atoms with Gasteiger partial charge < -0.3 is 5.32 Å². The Morgan fingerprint density at radius 1 is 1.11 bits per heavy atom. The summed E-state index contributed by atoms with van der Waals surface area (Å²) >= 11 is 11.1. The number of nitrogens with one attached hydrogen (secondary N) is 1. The topological polar surface area (TPSA) is 12.0 Å². The molecule has 0 aliphatic carbocycles. The van der Waals surface area contributed by atoms with Gasteiger partial charge in [0.05, 0.1) is 0 Å². The van der Waals surface area contributed by atoms with Crippen molar-refractivity contribution < 1.29 is 0 Å². The van der Waals surface area contributed by atoms with E-state index in [0.717, 1.165) is 27.5 Å². The average Bonchev–Trinajstić information content (AvgIpc) is 2.37. The molecule has 0 aliphatic heterocycles. The van der Waals surface area contributed by atoms with Crippen molar-refractivity contribution in [2.24, 2.45) is 0 Å². The third-order valence-electron chi connectivity index (χ3n) is 2.34. The maximum absolute atomic E-state index is 5.83. The van der Waals surface area contributed by atoms with Gasteiger partial charge in [0.15, 0.2) is 0 Å². The largest absolute Gasteiger partial charge is 0.384 e. The van der Waals surface area contributed by atoms with Gasteiger partial charge in [-0.15, -0.1) is 11.8 Å². The van der Waals surface area contributed by atoms with Gasteiger partial charge in [-0.05, 0) is 42.5 Å². The third-order valence-corrected chi connectivity index (χ3v) is 4.08. The Bertz CT molecular complexity index is 501. The minimum atomic E-state index is 0.768. The molecule has 0 amide bonds. The fraction of sp³-hybridized carbons (Fsp3) is 0.143. The first-order valence-corrected chi connectivity index (χ1v) is 7.77. The number of hydrogen-bond donors (Lipinski definition) is 1. The minimum Gasteiger partial charge on any atom is -0.384 e. The van der Waals surface area contributed by atoms with Crippen LogP contribution in [0.4, 0.5) is 5.69 Å². The van der Waals surface area contributed by atoms with E-state index in [-0.39, 0.29) is 0 Å². The predicted molar refractivity (Wildman–Crippen MR) is 84.8 cm³/mol. The Balaban J connectivity index is 1.74. The van der Waals surface area contributed by atoms with Crippen molar-refractivity contribution in [1.82, 2.24) is 0 Å². The molecule has 0 unspecified atom stereocenters. The van der Waals surface area contributed by atoms with E-state index in [9.17, 15) is 0 Å². The second-order valence-electron chi connectivity index (χ2n) is 3.74. The molecule has 4 heteroatoms. The van der Waals surface area contributed by atoms with Crippen molar-refractivity contribution in [3.05, 3.63) is 58.0 Å². The number of benzene rings is 2. The molecule has 0 saturated carbocycles. The Morgan fingerprint density at radius 2 is 1.89 bits per heavy atom. The standard InChI is InChI=1S/C14H13BrClNS/c15-11-2-1-3-14(10-11)18-9-8-17-13-6-4-12(16)5-7-13/h1-7,10,17H,8-9H2. The molecule has 0 bridgehead atoms. The summed E-state index contributed by atoms with van der Waals surface area (Å²) in [4.78, 5) is 1.28. The molecule has 0 spiro atoms. The molecule has 0 saturated heterocycles. The van der Waals surface area contributed by atoms with Crippen molar-refractivity contribution in [2.75, 3.05) is 17.6 Å². The van der Waals surface area contributed by atoms with Crippen LogP contribution in [0, 0.1) is 0 Å². The van der Waals surface area contributed by atoms with Crippen molar-refractivity contribution >= 4 is 45.0 Å². The highest BCUT2D eigenvalue weighted by atomic mass is 79.9. The Hall–Kier alpha value is -0.640. The molecule has 18 heavy (non-hydrogen) atoms. The zero-order valence-corrected chi connectivity index (χ0v) is 12.9.